The Morgan fingerprint density at radius 3 is 1.80 bits per heavy atom. The predicted molar refractivity (Wildman–Crippen MR) is 118 cm³/mol. The number of carbonyl (C=O) groups excluding carboxylic acids is 2. The van der Waals surface area contributed by atoms with Crippen molar-refractivity contribution in [1.29, 1.82) is 0 Å². The Hall–Kier alpha value is -3.40. The van der Waals surface area contributed by atoms with Crippen molar-refractivity contribution in [3.05, 3.63) is 108 Å². The molecule has 0 radical (unpaired) electrons. The van der Waals surface area contributed by atoms with Gasteiger partial charge in [-0.2, -0.15) is 0 Å². The van der Waals surface area contributed by atoms with E-state index >= 15 is 0 Å². The Bertz CT molecular complexity index is 950. The Balaban J connectivity index is 1.50. The number of benzene rings is 3. The van der Waals surface area contributed by atoms with E-state index in [2.05, 4.69) is 5.32 Å². The molecule has 4 rings (SSSR count). The zero-order chi connectivity index (χ0) is 20.9. The minimum absolute atomic E-state index is 0.0301. The maximum absolute atomic E-state index is 13.2. The van der Waals surface area contributed by atoms with Crippen LogP contribution in [-0.2, 0) is 9.59 Å². The summed E-state index contributed by atoms with van der Waals surface area (Å²) in [6, 6.07) is 29.5. The van der Waals surface area contributed by atoms with Gasteiger partial charge in [-0.05, 0) is 23.6 Å². The van der Waals surface area contributed by atoms with Gasteiger partial charge in [0, 0.05) is 13.0 Å². The highest BCUT2D eigenvalue weighted by molar-refractivity contribution is 5.89. The molecule has 0 spiro atoms. The lowest BCUT2D eigenvalue weighted by Gasteiger charge is -2.26. The number of hydrogen-bond acceptors (Lipinski definition) is 2. The quantitative estimate of drug-likeness (QED) is 0.665. The number of nitrogens with one attached hydrogen (secondary N) is 1. The van der Waals surface area contributed by atoms with Crippen molar-refractivity contribution in [1.82, 2.24) is 10.2 Å². The highest BCUT2D eigenvalue weighted by Crippen LogP contribution is 2.30. The van der Waals surface area contributed by atoms with Gasteiger partial charge in [0.2, 0.25) is 11.8 Å². The average molecular weight is 399 g/mol. The van der Waals surface area contributed by atoms with E-state index in [4.69, 9.17) is 0 Å². The van der Waals surface area contributed by atoms with Gasteiger partial charge < -0.3 is 10.2 Å². The van der Waals surface area contributed by atoms with Crippen molar-refractivity contribution < 1.29 is 9.59 Å². The Labute approximate surface area is 177 Å². The molecule has 0 bridgehead atoms. The van der Waals surface area contributed by atoms with Gasteiger partial charge in [-0.25, -0.2) is 0 Å². The first-order chi connectivity index (χ1) is 14.6. The molecule has 4 heteroatoms. The standard InChI is InChI=1S/C26H26N2O2/c1-19(20-11-5-2-6-12-20)28-18-23(17-24(28)29)26(30)27-25(21-13-7-3-8-14-21)22-15-9-4-10-16-22/h2-16,19,23,25H,17-18H2,1H3,(H,27,30)/t19-,23-/m1/s1. The van der Waals surface area contributed by atoms with Crippen LogP contribution < -0.4 is 5.32 Å². The smallest absolute Gasteiger partial charge is 0.226 e. The van der Waals surface area contributed by atoms with E-state index in [-0.39, 0.29) is 36.2 Å². The summed E-state index contributed by atoms with van der Waals surface area (Å²) in [5.41, 5.74) is 3.13. The minimum atomic E-state index is -0.349. The molecule has 0 unspecified atom stereocenters. The zero-order valence-corrected chi connectivity index (χ0v) is 17.1. The first-order valence-corrected chi connectivity index (χ1v) is 10.4. The number of rotatable bonds is 6. The molecule has 1 aliphatic heterocycles. The third kappa shape index (κ3) is 4.28. The van der Waals surface area contributed by atoms with Crippen LogP contribution >= 0.6 is 0 Å². The highest BCUT2D eigenvalue weighted by atomic mass is 16.2. The summed E-state index contributed by atoms with van der Waals surface area (Å²) in [4.78, 5) is 27.7. The molecule has 3 aromatic rings. The maximum atomic E-state index is 13.2. The number of likely N-dealkylation sites (tertiary alicyclic amines) is 1. The summed E-state index contributed by atoms with van der Waals surface area (Å²) in [6.07, 6.45) is 0.249. The fourth-order valence-corrected chi connectivity index (χ4v) is 4.10. The lowest BCUT2D eigenvalue weighted by Crippen LogP contribution is -2.36. The monoisotopic (exact) mass is 398 g/mol. The molecule has 0 aliphatic carbocycles. The topological polar surface area (TPSA) is 49.4 Å². The number of hydrogen-bond donors (Lipinski definition) is 1. The molecule has 3 aromatic carbocycles. The SMILES string of the molecule is C[C@H](c1ccccc1)N1C[C@H](C(=O)NC(c2ccccc2)c2ccccc2)CC1=O. The van der Waals surface area contributed by atoms with Crippen LogP contribution in [0.25, 0.3) is 0 Å². The van der Waals surface area contributed by atoms with Crippen LogP contribution in [0.5, 0.6) is 0 Å². The molecule has 1 aliphatic rings. The molecule has 0 aromatic heterocycles. The largest absolute Gasteiger partial charge is 0.345 e. The first kappa shape index (κ1) is 19.9. The third-order valence-electron chi connectivity index (χ3n) is 5.83. The summed E-state index contributed by atoms with van der Waals surface area (Å²) in [5, 5.41) is 3.19. The van der Waals surface area contributed by atoms with Crippen LogP contribution in [0.15, 0.2) is 91.0 Å². The first-order valence-electron chi connectivity index (χ1n) is 10.4. The zero-order valence-electron chi connectivity index (χ0n) is 17.1. The van der Waals surface area contributed by atoms with E-state index in [1.54, 1.807) is 0 Å². The molecule has 2 amide bonds. The second kappa shape index (κ2) is 8.95. The second-order valence-electron chi connectivity index (χ2n) is 7.80. The molecule has 1 N–H and O–H groups in total. The number of amides is 2. The van der Waals surface area contributed by atoms with Crippen molar-refractivity contribution in [2.75, 3.05) is 6.54 Å². The van der Waals surface area contributed by atoms with E-state index in [9.17, 15) is 9.59 Å². The van der Waals surface area contributed by atoms with Gasteiger partial charge in [0.05, 0.1) is 18.0 Å². The van der Waals surface area contributed by atoms with Crippen LogP contribution in [0.1, 0.15) is 42.1 Å². The summed E-state index contributed by atoms with van der Waals surface area (Å²) in [7, 11) is 0. The van der Waals surface area contributed by atoms with E-state index in [0.29, 0.717) is 6.54 Å². The van der Waals surface area contributed by atoms with Gasteiger partial charge in [-0.15, -0.1) is 0 Å². The summed E-state index contributed by atoms with van der Waals surface area (Å²) in [6.45, 7) is 2.46. The molecular weight excluding hydrogens is 372 g/mol. The van der Waals surface area contributed by atoms with E-state index in [0.717, 1.165) is 16.7 Å². The van der Waals surface area contributed by atoms with Gasteiger partial charge in [0.15, 0.2) is 0 Å². The molecule has 1 fully saturated rings. The normalized spacial score (nSPS) is 17.2. The highest BCUT2D eigenvalue weighted by Gasteiger charge is 2.37. The third-order valence-corrected chi connectivity index (χ3v) is 5.83. The molecule has 4 nitrogen and oxygen atoms in total. The summed E-state index contributed by atoms with van der Waals surface area (Å²) < 4.78 is 0. The van der Waals surface area contributed by atoms with Crippen molar-refractivity contribution in [2.24, 2.45) is 5.92 Å². The lowest BCUT2D eigenvalue weighted by atomic mass is 9.97. The van der Waals surface area contributed by atoms with Crippen LogP contribution in [0.4, 0.5) is 0 Å². The molecular formula is C26H26N2O2. The van der Waals surface area contributed by atoms with Crippen molar-refractivity contribution >= 4 is 11.8 Å². The maximum Gasteiger partial charge on any atom is 0.226 e. The molecule has 2 atom stereocenters. The van der Waals surface area contributed by atoms with Gasteiger partial charge in [0.1, 0.15) is 0 Å². The van der Waals surface area contributed by atoms with Crippen molar-refractivity contribution in [3.8, 4) is 0 Å². The van der Waals surface area contributed by atoms with Gasteiger partial charge >= 0.3 is 0 Å². The Morgan fingerprint density at radius 2 is 1.30 bits per heavy atom. The molecule has 0 saturated carbocycles. The van der Waals surface area contributed by atoms with Crippen LogP contribution in [0.3, 0.4) is 0 Å². The van der Waals surface area contributed by atoms with Crippen LogP contribution in [0, 0.1) is 5.92 Å². The van der Waals surface area contributed by atoms with E-state index in [1.807, 2.05) is 103 Å². The van der Waals surface area contributed by atoms with Crippen LogP contribution in [-0.4, -0.2) is 23.3 Å². The lowest BCUT2D eigenvalue weighted by molar-refractivity contribution is -0.130. The molecule has 1 saturated heterocycles. The Kier molecular flexibility index (Phi) is 5.94. The number of carbonyl (C=O) groups is 2. The fourth-order valence-electron chi connectivity index (χ4n) is 4.10. The van der Waals surface area contributed by atoms with Gasteiger partial charge in [-0.1, -0.05) is 91.0 Å². The predicted octanol–water partition coefficient (Wildman–Crippen LogP) is 4.50. The van der Waals surface area contributed by atoms with Crippen molar-refractivity contribution in [2.45, 2.75) is 25.4 Å². The molecule has 1 heterocycles. The molecule has 152 valence electrons. The van der Waals surface area contributed by atoms with Crippen LogP contribution in [0.2, 0.25) is 0 Å². The average Bonchev–Trinajstić information content (AvgIpc) is 3.20. The minimum Gasteiger partial charge on any atom is -0.345 e. The van der Waals surface area contributed by atoms with Crippen molar-refractivity contribution in [3.63, 3.8) is 0 Å². The summed E-state index contributed by atoms with van der Waals surface area (Å²) >= 11 is 0. The fraction of sp³-hybridized carbons (Fsp3) is 0.231. The molecule has 30 heavy (non-hydrogen) atoms. The van der Waals surface area contributed by atoms with E-state index < -0.39 is 0 Å². The number of nitrogens with zero attached hydrogens (tertiary/aromatic N) is 1. The van der Waals surface area contributed by atoms with Gasteiger partial charge in [0.25, 0.3) is 0 Å². The van der Waals surface area contributed by atoms with E-state index in [1.165, 1.54) is 0 Å². The Morgan fingerprint density at radius 1 is 0.833 bits per heavy atom. The summed E-state index contributed by atoms with van der Waals surface area (Å²) in [5.74, 6) is -0.398. The van der Waals surface area contributed by atoms with Gasteiger partial charge in [-0.3, -0.25) is 9.59 Å². The second-order valence-corrected chi connectivity index (χ2v) is 7.80.